The predicted octanol–water partition coefficient (Wildman–Crippen LogP) is 6.75. The number of hydrogen-bond donors (Lipinski definition) is 1. The summed E-state index contributed by atoms with van der Waals surface area (Å²) in [4.78, 5) is 27.8. The second-order valence-electron chi connectivity index (χ2n) is 9.08. The molecule has 194 valence electrons. The molecule has 2 aliphatic heterocycles. The first-order chi connectivity index (χ1) is 18.3. The Balaban J connectivity index is 1.82. The summed E-state index contributed by atoms with van der Waals surface area (Å²) in [5.41, 5.74) is 1.81. The summed E-state index contributed by atoms with van der Waals surface area (Å²) in [5, 5.41) is 10.8. The van der Waals surface area contributed by atoms with Crippen molar-refractivity contribution in [1.29, 1.82) is 0 Å². The molecule has 0 bridgehead atoms. The van der Waals surface area contributed by atoms with Crippen molar-refractivity contribution in [1.82, 2.24) is 5.32 Å². The number of carbonyl (C=O) groups is 2. The number of hydrogen-bond acceptors (Lipinski definition) is 5. The Labute approximate surface area is 235 Å². The lowest BCUT2D eigenvalue weighted by Crippen LogP contribution is -2.62. The van der Waals surface area contributed by atoms with Crippen molar-refractivity contribution in [3.63, 3.8) is 0 Å². The van der Waals surface area contributed by atoms with E-state index in [9.17, 15) is 9.59 Å². The van der Waals surface area contributed by atoms with E-state index >= 15 is 0 Å². The summed E-state index contributed by atoms with van der Waals surface area (Å²) in [7, 11) is 0. The highest BCUT2D eigenvalue weighted by atomic mass is 35.5. The monoisotopic (exact) mass is 567 g/mol. The highest BCUT2D eigenvalue weighted by Crippen LogP contribution is 2.53. The van der Waals surface area contributed by atoms with E-state index in [1.54, 1.807) is 61.3 Å². The molecule has 6 nitrogen and oxygen atoms in total. The van der Waals surface area contributed by atoms with Crippen molar-refractivity contribution in [2.45, 2.75) is 31.7 Å². The quantitative estimate of drug-likeness (QED) is 0.346. The van der Waals surface area contributed by atoms with Crippen LogP contribution in [0.1, 0.15) is 37.3 Å². The first kappa shape index (κ1) is 26.3. The van der Waals surface area contributed by atoms with E-state index in [-0.39, 0.29) is 24.5 Å². The molecule has 1 amide bonds. The molecular weight excluding hydrogens is 545 g/mol. The Morgan fingerprint density at radius 3 is 2.32 bits per heavy atom. The molecule has 1 spiro atoms. The Kier molecular flexibility index (Phi) is 7.23. The number of nitrogens with zero attached hydrogens (tertiary/aromatic N) is 2. The van der Waals surface area contributed by atoms with Crippen molar-refractivity contribution in [2.24, 2.45) is 5.10 Å². The third-order valence-corrected chi connectivity index (χ3v) is 7.77. The van der Waals surface area contributed by atoms with Gasteiger partial charge >= 0.3 is 5.97 Å². The van der Waals surface area contributed by atoms with Gasteiger partial charge in [-0.25, -0.2) is 9.80 Å². The highest BCUT2D eigenvalue weighted by molar-refractivity contribution is 6.36. The highest BCUT2D eigenvalue weighted by Gasteiger charge is 2.61. The summed E-state index contributed by atoms with van der Waals surface area (Å²) >= 11 is 19.7. The molecule has 0 aromatic heterocycles. The van der Waals surface area contributed by atoms with Crippen LogP contribution in [0.2, 0.25) is 15.1 Å². The van der Waals surface area contributed by atoms with Crippen LogP contribution in [0.15, 0.2) is 89.2 Å². The number of ether oxygens (including phenoxy) is 1. The van der Waals surface area contributed by atoms with Crippen LogP contribution in [0, 0.1) is 0 Å². The number of allylic oxidation sites excluding steroid dienone is 1. The van der Waals surface area contributed by atoms with Gasteiger partial charge in [0.15, 0.2) is 5.54 Å². The molecule has 3 aromatic rings. The van der Waals surface area contributed by atoms with Crippen LogP contribution in [-0.2, 0) is 14.3 Å². The van der Waals surface area contributed by atoms with E-state index < -0.39 is 17.4 Å². The summed E-state index contributed by atoms with van der Waals surface area (Å²) in [6.07, 6.45) is 0.174. The van der Waals surface area contributed by atoms with Crippen molar-refractivity contribution >= 4 is 58.1 Å². The van der Waals surface area contributed by atoms with E-state index in [4.69, 9.17) is 44.6 Å². The standard InChI is InChI=1S/C29H24Cl3N3O3/c1-3-38-27(36)24-17(2)33-28(37)29(26(24)25-21(31)10-7-11-22(25)32)16-23(18-8-5-4-6-9-18)34-35(29)20-14-12-19(30)13-15-20/h4-15,26H,3,16H2,1-2H3,(H,33,37)/t26-,29-/m1/s1. The molecule has 0 saturated carbocycles. The number of nitrogens with one attached hydrogen (secondary N) is 1. The Bertz CT molecular complexity index is 1450. The van der Waals surface area contributed by atoms with Gasteiger partial charge in [-0.1, -0.05) is 71.2 Å². The lowest BCUT2D eigenvalue weighted by atomic mass is 9.68. The molecule has 5 rings (SSSR count). The largest absolute Gasteiger partial charge is 0.463 e. The molecule has 2 atom stereocenters. The van der Waals surface area contributed by atoms with Gasteiger partial charge < -0.3 is 10.1 Å². The van der Waals surface area contributed by atoms with E-state index in [1.807, 2.05) is 30.3 Å². The topological polar surface area (TPSA) is 71.0 Å². The van der Waals surface area contributed by atoms with E-state index in [0.29, 0.717) is 37.7 Å². The van der Waals surface area contributed by atoms with Crippen LogP contribution < -0.4 is 10.3 Å². The Morgan fingerprint density at radius 1 is 1.03 bits per heavy atom. The molecule has 38 heavy (non-hydrogen) atoms. The van der Waals surface area contributed by atoms with Gasteiger partial charge in [0.2, 0.25) is 0 Å². The summed E-state index contributed by atoms with van der Waals surface area (Å²) in [6, 6.07) is 21.7. The summed E-state index contributed by atoms with van der Waals surface area (Å²) in [6.45, 7) is 3.57. The van der Waals surface area contributed by atoms with Crippen molar-refractivity contribution in [2.75, 3.05) is 11.6 Å². The molecular formula is C29H24Cl3N3O3. The number of rotatable bonds is 5. The maximum absolute atomic E-state index is 14.3. The van der Waals surface area contributed by atoms with Crippen molar-refractivity contribution in [3.05, 3.63) is 110 Å². The van der Waals surface area contributed by atoms with Crippen LogP contribution in [-0.4, -0.2) is 29.7 Å². The van der Waals surface area contributed by atoms with Crippen molar-refractivity contribution in [3.8, 4) is 0 Å². The number of hydrazone groups is 1. The number of benzene rings is 3. The second kappa shape index (κ2) is 10.4. The molecule has 1 N–H and O–H groups in total. The first-order valence-electron chi connectivity index (χ1n) is 12.1. The summed E-state index contributed by atoms with van der Waals surface area (Å²) < 4.78 is 5.48. The van der Waals surface area contributed by atoms with Gasteiger partial charge in [0.05, 0.1) is 29.5 Å². The number of esters is 1. The molecule has 0 saturated heterocycles. The minimum atomic E-state index is -1.44. The van der Waals surface area contributed by atoms with Crippen LogP contribution >= 0.6 is 34.8 Å². The molecule has 0 unspecified atom stereocenters. The van der Waals surface area contributed by atoms with Crippen LogP contribution in [0.4, 0.5) is 5.69 Å². The average molecular weight is 569 g/mol. The van der Waals surface area contributed by atoms with E-state index in [1.165, 1.54) is 0 Å². The fourth-order valence-electron chi connectivity index (χ4n) is 5.22. The number of anilines is 1. The van der Waals surface area contributed by atoms with Gasteiger partial charge in [0.25, 0.3) is 5.91 Å². The van der Waals surface area contributed by atoms with Gasteiger partial charge in [0.1, 0.15) is 0 Å². The Morgan fingerprint density at radius 2 is 1.68 bits per heavy atom. The van der Waals surface area contributed by atoms with Gasteiger partial charge in [0, 0.05) is 32.7 Å². The molecule has 0 aliphatic carbocycles. The third-order valence-electron chi connectivity index (χ3n) is 6.86. The van der Waals surface area contributed by atoms with Crippen LogP contribution in [0.5, 0.6) is 0 Å². The minimum absolute atomic E-state index is 0.159. The van der Waals surface area contributed by atoms with Crippen molar-refractivity contribution < 1.29 is 14.3 Å². The molecule has 9 heteroatoms. The van der Waals surface area contributed by atoms with Crippen LogP contribution in [0.3, 0.4) is 0 Å². The van der Waals surface area contributed by atoms with E-state index in [2.05, 4.69) is 5.32 Å². The molecule has 0 radical (unpaired) electrons. The molecule has 2 heterocycles. The van der Waals surface area contributed by atoms with Crippen LogP contribution in [0.25, 0.3) is 0 Å². The maximum atomic E-state index is 14.3. The molecule has 2 aliphatic rings. The lowest BCUT2D eigenvalue weighted by Gasteiger charge is -2.46. The molecule has 0 fully saturated rings. The zero-order valence-corrected chi connectivity index (χ0v) is 22.9. The lowest BCUT2D eigenvalue weighted by molar-refractivity contribution is -0.139. The smallest absolute Gasteiger partial charge is 0.336 e. The van der Waals surface area contributed by atoms with E-state index in [0.717, 1.165) is 5.56 Å². The Hall–Kier alpha value is -3.32. The number of halogens is 3. The second-order valence-corrected chi connectivity index (χ2v) is 10.3. The van der Waals surface area contributed by atoms with Gasteiger partial charge in [-0.05, 0) is 55.8 Å². The number of amides is 1. The summed E-state index contributed by atoms with van der Waals surface area (Å²) in [5.74, 6) is -1.81. The predicted molar refractivity (Wildman–Crippen MR) is 151 cm³/mol. The normalized spacial score (nSPS) is 21.0. The zero-order chi connectivity index (χ0) is 27.0. The van der Waals surface area contributed by atoms with Gasteiger partial charge in [-0.2, -0.15) is 5.10 Å². The maximum Gasteiger partial charge on any atom is 0.336 e. The fourth-order valence-corrected chi connectivity index (χ4v) is 5.96. The SMILES string of the molecule is CCOC(=O)C1=C(C)NC(=O)[C@@]2(CC(c3ccccc3)=NN2c2ccc(Cl)cc2)[C@H]1c1c(Cl)cccc1Cl. The van der Waals surface area contributed by atoms with Gasteiger partial charge in [-0.3, -0.25) is 4.79 Å². The van der Waals surface area contributed by atoms with Gasteiger partial charge in [-0.15, -0.1) is 0 Å². The zero-order valence-electron chi connectivity index (χ0n) is 20.7. The average Bonchev–Trinajstić information content (AvgIpc) is 3.29. The number of carbonyl (C=O) groups excluding carboxylic acids is 2. The third kappa shape index (κ3) is 4.37. The first-order valence-corrected chi connectivity index (χ1v) is 13.2. The minimum Gasteiger partial charge on any atom is -0.463 e. The fraction of sp³-hybridized carbons (Fsp3) is 0.207. The molecule has 3 aromatic carbocycles.